The molecule has 0 saturated heterocycles. The van der Waals surface area contributed by atoms with Gasteiger partial charge in [0.15, 0.2) is 0 Å². The minimum atomic E-state index is -1.58. The molecule has 1 aliphatic heterocycles. The van der Waals surface area contributed by atoms with Crippen LogP contribution in [-0.2, 0) is 0 Å². The van der Waals surface area contributed by atoms with Gasteiger partial charge in [0.1, 0.15) is 12.4 Å². The monoisotopic (exact) mass is 207 g/mol. The molecule has 0 saturated carbocycles. The zero-order chi connectivity index (χ0) is 10.8. The lowest BCUT2D eigenvalue weighted by molar-refractivity contribution is 0.0957. The Morgan fingerprint density at radius 1 is 1.40 bits per heavy atom. The van der Waals surface area contributed by atoms with E-state index in [1.807, 2.05) is 0 Å². The number of ether oxygens (including phenoxy) is 1. The molecule has 2 rings (SSSR count). The van der Waals surface area contributed by atoms with Crippen molar-refractivity contribution in [1.82, 2.24) is 5.32 Å². The fourth-order valence-corrected chi connectivity index (χ4v) is 1.43. The van der Waals surface area contributed by atoms with Crippen molar-refractivity contribution in [3.63, 3.8) is 0 Å². The summed E-state index contributed by atoms with van der Waals surface area (Å²) in [4.78, 5) is 11.5. The number of carbonyl (C=O) groups is 1. The van der Waals surface area contributed by atoms with Crippen molar-refractivity contribution >= 4 is 18.5 Å². The molecule has 0 unspecified atom stereocenters. The lowest BCUT2D eigenvalue weighted by atomic mass is 9.79. The Bertz CT molecular complexity index is 394. The van der Waals surface area contributed by atoms with E-state index < -0.39 is 7.12 Å². The first-order chi connectivity index (χ1) is 7.18. The zero-order valence-corrected chi connectivity index (χ0v) is 7.93. The number of hydrogen-bond acceptors (Lipinski definition) is 4. The molecule has 0 aliphatic carbocycles. The number of nitrogens with one attached hydrogen (secondary N) is 1. The minimum absolute atomic E-state index is 0.259. The lowest BCUT2D eigenvalue weighted by Gasteiger charge is -2.07. The molecule has 1 aliphatic rings. The third-order valence-corrected chi connectivity index (χ3v) is 2.19. The van der Waals surface area contributed by atoms with Crippen LogP contribution in [0.25, 0.3) is 0 Å². The molecule has 0 atom stereocenters. The van der Waals surface area contributed by atoms with E-state index in [1.54, 1.807) is 6.07 Å². The van der Waals surface area contributed by atoms with Crippen LogP contribution in [-0.4, -0.2) is 36.2 Å². The van der Waals surface area contributed by atoms with Crippen LogP contribution >= 0.6 is 0 Å². The molecule has 0 spiro atoms. The van der Waals surface area contributed by atoms with E-state index in [4.69, 9.17) is 14.8 Å². The SMILES string of the molecule is O=C1NCCOc2ccc(B(O)O)cc21. The van der Waals surface area contributed by atoms with Gasteiger partial charge in [-0.3, -0.25) is 4.79 Å². The normalized spacial score (nSPS) is 14.7. The molecule has 1 amide bonds. The summed E-state index contributed by atoms with van der Waals surface area (Å²) in [6.07, 6.45) is 0. The van der Waals surface area contributed by atoms with E-state index in [-0.39, 0.29) is 11.4 Å². The predicted molar refractivity (Wildman–Crippen MR) is 54.1 cm³/mol. The molecule has 0 fully saturated rings. The fourth-order valence-electron chi connectivity index (χ4n) is 1.43. The molecule has 0 radical (unpaired) electrons. The zero-order valence-electron chi connectivity index (χ0n) is 7.93. The highest BCUT2D eigenvalue weighted by Crippen LogP contribution is 2.18. The topological polar surface area (TPSA) is 78.8 Å². The number of benzene rings is 1. The second kappa shape index (κ2) is 3.92. The highest BCUT2D eigenvalue weighted by atomic mass is 16.5. The van der Waals surface area contributed by atoms with Crippen LogP contribution < -0.4 is 15.5 Å². The standard InChI is InChI=1S/C9H10BNO4/c12-9-7-5-6(10(13)14)1-2-8(7)15-4-3-11-9/h1-2,5,13-14H,3-4H2,(H,11,12). The van der Waals surface area contributed by atoms with Gasteiger partial charge >= 0.3 is 7.12 Å². The van der Waals surface area contributed by atoms with Gasteiger partial charge in [0.2, 0.25) is 0 Å². The largest absolute Gasteiger partial charge is 0.491 e. The van der Waals surface area contributed by atoms with Crippen molar-refractivity contribution < 1.29 is 19.6 Å². The number of rotatable bonds is 1. The Labute approximate surface area is 86.8 Å². The molecule has 78 valence electrons. The summed E-state index contributed by atoms with van der Waals surface area (Å²) in [6, 6.07) is 4.50. The second-order valence-electron chi connectivity index (χ2n) is 3.23. The Kier molecular flexibility index (Phi) is 2.61. The molecule has 0 aromatic heterocycles. The highest BCUT2D eigenvalue weighted by Gasteiger charge is 2.19. The Balaban J connectivity index is 2.44. The summed E-state index contributed by atoms with van der Waals surface area (Å²) in [6.45, 7) is 0.865. The molecule has 1 aromatic carbocycles. The van der Waals surface area contributed by atoms with Crippen LogP contribution in [0.5, 0.6) is 5.75 Å². The van der Waals surface area contributed by atoms with Gasteiger partial charge in [-0.2, -0.15) is 0 Å². The minimum Gasteiger partial charge on any atom is -0.491 e. The third kappa shape index (κ3) is 1.95. The molecule has 0 bridgehead atoms. The van der Waals surface area contributed by atoms with E-state index in [0.717, 1.165) is 0 Å². The van der Waals surface area contributed by atoms with Gasteiger partial charge in [-0.25, -0.2) is 0 Å². The quantitative estimate of drug-likeness (QED) is 0.489. The molecule has 3 N–H and O–H groups in total. The molecule has 1 aromatic rings. The molecule has 5 nitrogen and oxygen atoms in total. The van der Waals surface area contributed by atoms with Crippen molar-refractivity contribution in [1.29, 1.82) is 0 Å². The number of hydrogen-bond donors (Lipinski definition) is 3. The molecular weight excluding hydrogens is 197 g/mol. The van der Waals surface area contributed by atoms with Crippen LogP contribution in [0.2, 0.25) is 0 Å². The average molecular weight is 207 g/mol. The summed E-state index contributed by atoms with van der Waals surface area (Å²) < 4.78 is 5.31. The van der Waals surface area contributed by atoms with Gasteiger partial charge in [0.25, 0.3) is 5.91 Å². The van der Waals surface area contributed by atoms with Gasteiger partial charge in [0.05, 0.1) is 12.1 Å². The summed E-state index contributed by atoms with van der Waals surface area (Å²) in [7, 11) is -1.58. The van der Waals surface area contributed by atoms with Crippen LogP contribution in [0, 0.1) is 0 Å². The van der Waals surface area contributed by atoms with E-state index in [1.165, 1.54) is 12.1 Å². The van der Waals surface area contributed by atoms with Crippen molar-refractivity contribution in [2.45, 2.75) is 0 Å². The molecular formula is C9H10BNO4. The summed E-state index contributed by atoms with van der Waals surface area (Å²) in [5.74, 6) is 0.208. The number of fused-ring (bicyclic) bond motifs is 1. The van der Waals surface area contributed by atoms with Crippen molar-refractivity contribution in [2.24, 2.45) is 0 Å². The summed E-state index contributed by atoms with van der Waals surface area (Å²) in [5, 5.41) is 20.6. The van der Waals surface area contributed by atoms with Crippen LogP contribution in [0.4, 0.5) is 0 Å². The van der Waals surface area contributed by atoms with Crippen molar-refractivity contribution in [3.8, 4) is 5.75 Å². The van der Waals surface area contributed by atoms with E-state index in [0.29, 0.717) is 24.5 Å². The van der Waals surface area contributed by atoms with Crippen molar-refractivity contribution in [2.75, 3.05) is 13.2 Å². The first kappa shape index (κ1) is 10.0. The van der Waals surface area contributed by atoms with Crippen LogP contribution in [0.1, 0.15) is 10.4 Å². The highest BCUT2D eigenvalue weighted by molar-refractivity contribution is 6.58. The molecule has 15 heavy (non-hydrogen) atoms. The Morgan fingerprint density at radius 2 is 2.20 bits per heavy atom. The van der Waals surface area contributed by atoms with Gasteiger partial charge in [-0.05, 0) is 17.6 Å². The number of carbonyl (C=O) groups excluding carboxylic acids is 1. The average Bonchev–Trinajstić information content (AvgIpc) is 2.40. The number of amides is 1. The Morgan fingerprint density at radius 3 is 2.93 bits per heavy atom. The van der Waals surface area contributed by atoms with Crippen LogP contribution in [0.15, 0.2) is 18.2 Å². The van der Waals surface area contributed by atoms with Gasteiger partial charge in [-0.1, -0.05) is 6.07 Å². The predicted octanol–water partition coefficient (Wildman–Crippen LogP) is -1.51. The first-order valence-corrected chi connectivity index (χ1v) is 4.59. The Hall–Kier alpha value is -1.53. The maximum atomic E-state index is 11.5. The van der Waals surface area contributed by atoms with Crippen LogP contribution in [0.3, 0.4) is 0 Å². The third-order valence-electron chi connectivity index (χ3n) is 2.19. The van der Waals surface area contributed by atoms with Crippen molar-refractivity contribution in [3.05, 3.63) is 23.8 Å². The maximum Gasteiger partial charge on any atom is 0.488 e. The smallest absolute Gasteiger partial charge is 0.488 e. The van der Waals surface area contributed by atoms with Gasteiger partial charge in [0, 0.05) is 0 Å². The first-order valence-electron chi connectivity index (χ1n) is 4.59. The van der Waals surface area contributed by atoms with E-state index in [2.05, 4.69) is 5.32 Å². The van der Waals surface area contributed by atoms with E-state index in [9.17, 15) is 4.79 Å². The van der Waals surface area contributed by atoms with Gasteiger partial charge in [-0.15, -0.1) is 0 Å². The lowest BCUT2D eigenvalue weighted by Crippen LogP contribution is -2.31. The molecule has 1 heterocycles. The second-order valence-corrected chi connectivity index (χ2v) is 3.23. The maximum absolute atomic E-state index is 11.5. The summed E-state index contributed by atoms with van der Waals surface area (Å²) >= 11 is 0. The summed E-state index contributed by atoms with van der Waals surface area (Å²) in [5.41, 5.74) is 0.604. The fraction of sp³-hybridized carbons (Fsp3) is 0.222. The molecule has 6 heteroatoms. The van der Waals surface area contributed by atoms with E-state index >= 15 is 0 Å². The van der Waals surface area contributed by atoms with Gasteiger partial charge < -0.3 is 20.1 Å².